The van der Waals surface area contributed by atoms with Crippen LogP contribution in [0.1, 0.15) is 16.2 Å². The van der Waals surface area contributed by atoms with E-state index in [2.05, 4.69) is 20.9 Å². The van der Waals surface area contributed by atoms with E-state index >= 15 is 0 Å². The first-order valence-corrected chi connectivity index (χ1v) is 5.99. The highest BCUT2D eigenvalue weighted by Gasteiger charge is 2.20. The third-order valence-corrected chi connectivity index (χ3v) is 2.98. The first kappa shape index (κ1) is 13.7. The smallest absolute Gasteiger partial charge is 0.373 e. The SMILES string of the molecule is COCc1nc(-c2ccc(Br)c(F)c2)oc1C(=O)O. The fraction of sp³-hybridized carbons (Fsp3) is 0.167. The molecule has 0 aliphatic heterocycles. The Balaban J connectivity index is 2.47. The second-order valence-corrected chi connectivity index (χ2v) is 4.52. The monoisotopic (exact) mass is 329 g/mol. The molecule has 1 heterocycles. The molecule has 0 saturated carbocycles. The molecule has 0 saturated heterocycles. The molecular weight excluding hydrogens is 321 g/mol. The molecule has 0 bridgehead atoms. The molecule has 0 aliphatic carbocycles. The second kappa shape index (κ2) is 5.50. The van der Waals surface area contributed by atoms with E-state index in [1.165, 1.54) is 19.2 Å². The van der Waals surface area contributed by atoms with Crippen molar-refractivity contribution >= 4 is 21.9 Å². The van der Waals surface area contributed by atoms with Crippen molar-refractivity contribution in [2.24, 2.45) is 0 Å². The number of hydrogen-bond donors (Lipinski definition) is 1. The summed E-state index contributed by atoms with van der Waals surface area (Å²) in [4.78, 5) is 15.0. The average Bonchev–Trinajstić information content (AvgIpc) is 2.77. The van der Waals surface area contributed by atoms with Crippen molar-refractivity contribution in [1.29, 1.82) is 0 Å². The molecule has 2 aromatic rings. The molecule has 2 rings (SSSR count). The topological polar surface area (TPSA) is 72.6 Å². The average molecular weight is 330 g/mol. The number of carboxylic acids is 1. The molecular formula is C12H9BrFNO4. The van der Waals surface area contributed by atoms with Crippen LogP contribution in [0.3, 0.4) is 0 Å². The first-order chi connectivity index (χ1) is 9.02. The molecule has 0 atom stereocenters. The number of oxazole rings is 1. The van der Waals surface area contributed by atoms with Gasteiger partial charge in [0.05, 0.1) is 11.1 Å². The van der Waals surface area contributed by atoms with Gasteiger partial charge in [-0.1, -0.05) is 0 Å². The molecule has 7 heteroatoms. The summed E-state index contributed by atoms with van der Waals surface area (Å²) in [5, 5.41) is 8.98. The van der Waals surface area contributed by atoms with Gasteiger partial charge >= 0.3 is 5.97 Å². The fourth-order valence-corrected chi connectivity index (χ4v) is 1.75. The van der Waals surface area contributed by atoms with E-state index in [-0.39, 0.29) is 24.0 Å². The van der Waals surface area contributed by atoms with E-state index in [9.17, 15) is 9.18 Å². The van der Waals surface area contributed by atoms with Crippen molar-refractivity contribution in [2.75, 3.05) is 7.11 Å². The molecule has 0 unspecified atom stereocenters. The Kier molecular flexibility index (Phi) is 3.96. The number of carboxylic acid groups (broad SMARTS) is 1. The van der Waals surface area contributed by atoms with E-state index in [0.717, 1.165) is 0 Å². The van der Waals surface area contributed by atoms with E-state index in [1.807, 2.05) is 0 Å². The Morgan fingerprint density at radius 2 is 2.32 bits per heavy atom. The lowest BCUT2D eigenvalue weighted by molar-refractivity contribution is 0.0656. The molecule has 0 radical (unpaired) electrons. The third kappa shape index (κ3) is 2.82. The molecule has 1 N–H and O–H groups in total. The maximum atomic E-state index is 13.4. The summed E-state index contributed by atoms with van der Waals surface area (Å²) >= 11 is 3.03. The normalized spacial score (nSPS) is 10.7. The molecule has 19 heavy (non-hydrogen) atoms. The number of aromatic carboxylic acids is 1. The number of hydrogen-bond acceptors (Lipinski definition) is 4. The largest absolute Gasteiger partial charge is 0.475 e. The minimum atomic E-state index is -1.25. The zero-order chi connectivity index (χ0) is 14.0. The van der Waals surface area contributed by atoms with Gasteiger partial charge in [-0.15, -0.1) is 0 Å². The van der Waals surface area contributed by atoms with Crippen molar-refractivity contribution in [3.8, 4) is 11.5 Å². The highest BCUT2D eigenvalue weighted by atomic mass is 79.9. The van der Waals surface area contributed by atoms with Crippen LogP contribution in [-0.4, -0.2) is 23.2 Å². The highest BCUT2D eigenvalue weighted by molar-refractivity contribution is 9.10. The number of nitrogens with zero attached hydrogens (tertiary/aromatic N) is 1. The molecule has 0 fully saturated rings. The predicted octanol–water partition coefficient (Wildman–Crippen LogP) is 3.09. The lowest BCUT2D eigenvalue weighted by Gasteiger charge is -1.97. The van der Waals surface area contributed by atoms with Crippen molar-refractivity contribution < 1.29 is 23.4 Å². The number of carbonyl (C=O) groups is 1. The van der Waals surface area contributed by atoms with Crippen molar-refractivity contribution in [2.45, 2.75) is 6.61 Å². The summed E-state index contributed by atoms with van der Waals surface area (Å²) in [6.45, 7) is 0.00411. The standard InChI is InChI=1S/C12H9BrFNO4/c1-18-5-9-10(12(16)17)19-11(15-9)6-2-3-7(13)8(14)4-6/h2-4H,5H2,1H3,(H,16,17). The van der Waals surface area contributed by atoms with Crippen LogP contribution in [0, 0.1) is 5.82 Å². The Hall–Kier alpha value is -1.73. The number of halogens is 2. The van der Waals surface area contributed by atoms with Crippen LogP contribution in [0.15, 0.2) is 27.1 Å². The van der Waals surface area contributed by atoms with Crippen molar-refractivity contribution in [1.82, 2.24) is 4.98 Å². The Labute approximate surface area is 116 Å². The summed E-state index contributed by atoms with van der Waals surface area (Å²) in [5.74, 6) is -2.00. The van der Waals surface area contributed by atoms with Crippen LogP contribution in [0.2, 0.25) is 0 Å². The minimum absolute atomic E-state index is 0.00411. The van der Waals surface area contributed by atoms with Crippen LogP contribution in [-0.2, 0) is 11.3 Å². The zero-order valence-electron chi connectivity index (χ0n) is 9.81. The maximum Gasteiger partial charge on any atom is 0.373 e. The Morgan fingerprint density at radius 3 is 2.89 bits per heavy atom. The van der Waals surface area contributed by atoms with Crippen LogP contribution >= 0.6 is 15.9 Å². The molecule has 5 nitrogen and oxygen atoms in total. The van der Waals surface area contributed by atoms with E-state index in [1.54, 1.807) is 6.07 Å². The second-order valence-electron chi connectivity index (χ2n) is 3.66. The Morgan fingerprint density at radius 1 is 1.58 bits per heavy atom. The van der Waals surface area contributed by atoms with Crippen LogP contribution in [0.4, 0.5) is 4.39 Å². The number of methoxy groups -OCH3 is 1. The minimum Gasteiger partial charge on any atom is -0.475 e. The lowest BCUT2D eigenvalue weighted by Crippen LogP contribution is -2.00. The number of benzene rings is 1. The van der Waals surface area contributed by atoms with Gasteiger partial charge in [0.2, 0.25) is 11.7 Å². The third-order valence-electron chi connectivity index (χ3n) is 2.34. The van der Waals surface area contributed by atoms with Crippen LogP contribution in [0.5, 0.6) is 0 Å². The first-order valence-electron chi connectivity index (χ1n) is 5.20. The van der Waals surface area contributed by atoms with Crippen molar-refractivity contribution in [3.63, 3.8) is 0 Å². The highest BCUT2D eigenvalue weighted by Crippen LogP contribution is 2.26. The van der Waals surface area contributed by atoms with E-state index < -0.39 is 11.8 Å². The van der Waals surface area contributed by atoms with Gasteiger partial charge in [0, 0.05) is 12.7 Å². The van der Waals surface area contributed by atoms with Gasteiger partial charge in [0.1, 0.15) is 11.5 Å². The fourth-order valence-electron chi connectivity index (χ4n) is 1.51. The quantitative estimate of drug-likeness (QED) is 0.933. The molecule has 1 aromatic heterocycles. The van der Waals surface area contributed by atoms with E-state index in [0.29, 0.717) is 10.0 Å². The number of aromatic nitrogens is 1. The number of rotatable bonds is 4. The molecule has 100 valence electrons. The van der Waals surface area contributed by atoms with E-state index in [4.69, 9.17) is 14.3 Å². The molecule has 0 aliphatic rings. The lowest BCUT2D eigenvalue weighted by atomic mass is 10.2. The number of ether oxygens (including phenoxy) is 1. The van der Waals surface area contributed by atoms with Gasteiger partial charge in [-0.2, -0.15) is 0 Å². The van der Waals surface area contributed by atoms with Crippen LogP contribution < -0.4 is 0 Å². The zero-order valence-corrected chi connectivity index (χ0v) is 11.4. The summed E-state index contributed by atoms with van der Waals surface area (Å²) in [6.07, 6.45) is 0. The summed E-state index contributed by atoms with van der Waals surface area (Å²) in [5.41, 5.74) is 0.513. The summed E-state index contributed by atoms with van der Waals surface area (Å²) in [6, 6.07) is 4.27. The van der Waals surface area contributed by atoms with Gasteiger partial charge in [-0.25, -0.2) is 14.2 Å². The van der Waals surface area contributed by atoms with Gasteiger partial charge < -0.3 is 14.3 Å². The molecule has 0 spiro atoms. The van der Waals surface area contributed by atoms with Crippen molar-refractivity contribution in [3.05, 3.63) is 39.9 Å². The van der Waals surface area contributed by atoms with Gasteiger partial charge in [-0.3, -0.25) is 0 Å². The van der Waals surface area contributed by atoms with Gasteiger partial charge in [0.25, 0.3) is 0 Å². The van der Waals surface area contributed by atoms with Gasteiger partial charge in [-0.05, 0) is 34.1 Å². The molecule has 1 aromatic carbocycles. The van der Waals surface area contributed by atoms with Crippen LogP contribution in [0.25, 0.3) is 11.5 Å². The maximum absolute atomic E-state index is 13.4. The van der Waals surface area contributed by atoms with Gasteiger partial charge in [0.15, 0.2) is 0 Å². The Bertz CT molecular complexity index is 626. The predicted molar refractivity (Wildman–Crippen MR) is 67.3 cm³/mol. The summed E-state index contributed by atoms with van der Waals surface area (Å²) < 4.78 is 23.7. The summed E-state index contributed by atoms with van der Waals surface area (Å²) in [7, 11) is 1.42. The molecule has 0 amide bonds.